The third-order valence-electron chi connectivity index (χ3n) is 3.12. The summed E-state index contributed by atoms with van der Waals surface area (Å²) in [6, 6.07) is 15.2. The predicted octanol–water partition coefficient (Wildman–Crippen LogP) is 4.35. The Morgan fingerprint density at radius 2 is 2.00 bits per heavy atom. The van der Waals surface area contributed by atoms with Gasteiger partial charge < -0.3 is 10.1 Å². The summed E-state index contributed by atoms with van der Waals surface area (Å²) in [6.07, 6.45) is 1.80. The first-order valence-corrected chi connectivity index (χ1v) is 8.45. The smallest absolute Gasteiger partial charge is 0.264 e. The van der Waals surface area contributed by atoms with Crippen molar-refractivity contribution in [1.29, 1.82) is 0 Å². The monoisotopic (exact) mass is 388 g/mol. The quantitative estimate of drug-likeness (QED) is 0.795. The summed E-state index contributed by atoms with van der Waals surface area (Å²) in [5, 5.41) is 3.35. The molecule has 1 aliphatic rings. The van der Waals surface area contributed by atoms with Crippen LogP contribution in [0.2, 0.25) is 0 Å². The van der Waals surface area contributed by atoms with Crippen molar-refractivity contribution in [2.75, 3.05) is 7.11 Å². The number of nitrogens with zero attached hydrogens (tertiary/aromatic N) is 1. The number of ether oxygens (including phenoxy) is 1. The minimum Gasteiger partial charge on any atom is -0.496 e. The molecule has 2 aromatic rings. The number of thioether (sulfide) groups is 1. The highest BCUT2D eigenvalue weighted by Crippen LogP contribution is 2.31. The number of rotatable bonds is 3. The van der Waals surface area contributed by atoms with Gasteiger partial charge >= 0.3 is 0 Å². The van der Waals surface area contributed by atoms with Crippen LogP contribution in [0.4, 0.5) is 5.69 Å². The molecule has 4 nitrogen and oxygen atoms in total. The molecule has 1 heterocycles. The number of hydrogen-bond acceptors (Lipinski definition) is 4. The first kappa shape index (κ1) is 15.8. The van der Waals surface area contributed by atoms with Gasteiger partial charge in [0.15, 0.2) is 5.17 Å². The van der Waals surface area contributed by atoms with Gasteiger partial charge in [0.05, 0.1) is 17.7 Å². The Kier molecular flexibility index (Phi) is 4.83. The van der Waals surface area contributed by atoms with Crippen molar-refractivity contribution in [3.05, 3.63) is 63.5 Å². The van der Waals surface area contributed by atoms with Gasteiger partial charge in [-0.3, -0.25) is 4.79 Å². The van der Waals surface area contributed by atoms with E-state index in [1.807, 2.05) is 48.5 Å². The Balaban J connectivity index is 1.89. The van der Waals surface area contributed by atoms with Crippen molar-refractivity contribution in [3.63, 3.8) is 0 Å². The molecule has 0 aliphatic carbocycles. The van der Waals surface area contributed by atoms with Crippen LogP contribution in [0.3, 0.4) is 0 Å². The number of benzene rings is 2. The van der Waals surface area contributed by atoms with E-state index in [2.05, 4.69) is 26.2 Å². The van der Waals surface area contributed by atoms with E-state index in [4.69, 9.17) is 4.74 Å². The first-order chi connectivity index (χ1) is 11.2. The number of carbonyl (C=O) groups excluding carboxylic acids is 1. The number of nitrogens with one attached hydrogen (secondary N) is 1. The summed E-state index contributed by atoms with van der Waals surface area (Å²) in [7, 11) is 1.61. The molecule has 0 aromatic heterocycles. The van der Waals surface area contributed by atoms with Crippen molar-refractivity contribution >= 4 is 50.5 Å². The number of methoxy groups -OCH3 is 1. The lowest BCUT2D eigenvalue weighted by Crippen LogP contribution is -2.19. The average Bonchev–Trinajstić information content (AvgIpc) is 2.88. The zero-order valence-electron chi connectivity index (χ0n) is 12.2. The van der Waals surface area contributed by atoms with Gasteiger partial charge in [0.2, 0.25) is 0 Å². The van der Waals surface area contributed by atoms with Crippen molar-refractivity contribution < 1.29 is 9.53 Å². The van der Waals surface area contributed by atoms with Gasteiger partial charge in [0.1, 0.15) is 5.75 Å². The summed E-state index contributed by atoms with van der Waals surface area (Å²) in [5.74, 6) is 0.550. The van der Waals surface area contributed by atoms with Gasteiger partial charge in [-0.05, 0) is 48.2 Å². The Labute approximate surface area is 146 Å². The van der Waals surface area contributed by atoms with Gasteiger partial charge in [-0.1, -0.05) is 34.1 Å². The fourth-order valence-corrected chi connectivity index (χ4v) is 3.27. The molecule has 1 N–H and O–H groups in total. The topological polar surface area (TPSA) is 50.7 Å². The van der Waals surface area contributed by atoms with E-state index >= 15 is 0 Å². The van der Waals surface area contributed by atoms with Gasteiger partial charge in [-0.25, -0.2) is 4.99 Å². The van der Waals surface area contributed by atoms with Crippen LogP contribution in [0.1, 0.15) is 5.56 Å². The average molecular weight is 389 g/mol. The van der Waals surface area contributed by atoms with Crippen LogP contribution in [0, 0.1) is 0 Å². The lowest BCUT2D eigenvalue weighted by atomic mass is 10.2. The number of carbonyl (C=O) groups is 1. The standard InChI is InChI=1S/C17H13BrN2O2S/c1-22-14-8-7-12(18)9-11(14)10-15-16(21)20-17(23-15)19-13-5-3-2-4-6-13/h2-10H,1H3,(H,19,20,21)/b15-10+. The van der Waals surface area contributed by atoms with Crippen molar-refractivity contribution in [3.8, 4) is 5.75 Å². The minimum atomic E-state index is -0.160. The number of para-hydroxylation sites is 1. The van der Waals surface area contributed by atoms with E-state index in [1.54, 1.807) is 13.2 Å². The summed E-state index contributed by atoms with van der Waals surface area (Å²) < 4.78 is 6.25. The van der Waals surface area contributed by atoms with Crippen LogP contribution >= 0.6 is 27.7 Å². The number of aliphatic imine (C=N–C) groups is 1. The van der Waals surface area contributed by atoms with Crippen LogP contribution in [0.25, 0.3) is 6.08 Å². The van der Waals surface area contributed by atoms with Crippen molar-refractivity contribution in [2.45, 2.75) is 0 Å². The molecule has 116 valence electrons. The van der Waals surface area contributed by atoms with Crippen molar-refractivity contribution in [1.82, 2.24) is 5.32 Å². The fraction of sp³-hybridized carbons (Fsp3) is 0.0588. The highest BCUT2D eigenvalue weighted by molar-refractivity contribution is 9.10. The Hall–Kier alpha value is -2.05. The fourth-order valence-electron chi connectivity index (χ4n) is 2.06. The Bertz CT molecular complexity index is 803. The van der Waals surface area contributed by atoms with E-state index < -0.39 is 0 Å². The molecule has 1 aliphatic heterocycles. The maximum Gasteiger partial charge on any atom is 0.264 e. The maximum atomic E-state index is 12.1. The molecule has 2 aromatic carbocycles. The number of halogens is 1. The van der Waals surface area contributed by atoms with Gasteiger partial charge in [-0.15, -0.1) is 0 Å². The molecule has 1 saturated heterocycles. The lowest BCUT2D eigenvalue weighted by molar-refractivity contribution is -0.115. The summed E-state index contributed by atoms with van der Waals surface area (Å²) >= 11 is 4.74. The molecule has 23 heavy (non-hydrogen) atoms. The third kappa shape index (κ3) is 3.83. The van der Waals surface area contributed by atoms with E-state index in [1.165, 1.54) is 11.8 Å². The molecular formula is C17H13BrN2O2S. The Morgan fingerprint density at radius 1 is 1.22 bits per heavy atom. The molecule has 0 bridgehead atoms. The third-order valence-corrected chi connectivity index (χ3v) is 4.52. The maximum absolute atomic E-state index is 12.1. The Morgan fingerprint density at radius 3 is 2.74 bits per heavy atom. The second-order valence-electron chi connectivity index (χ2n) is 4.70. The molecule has 0 spiro atoms. The number of hydrogen-bond donors (Lipinski definition) is 1. The van der Waals surface area contributed by atoms with Crippen LogP contribution in [0.5, 0.6) is 5.75 Å². The molecule has 0 radical (unpaired) electrons. The van der Waals surface area contributed by atoms with E-state index in [0.29, 0.717) is 15.8 Å². The van der Waals surface area contributed by atoms with Crippen LogP contribution in [0.15, 0.2) is 62.9 Å². The van der Waals surface area contributed by atoms with Gasteiger partial charge in [-0.2, -0.15) is 0 Å². The van der Waals surface area contributed by atoms with Gasteiger partial charge in [0.25, 0.3) is 5.91 Å². The minimum absolute atomic E-state index is 0.160. The van der Waals surface area contributed by atoms with E-state index in [0.717, 1.165) is 15.7 Å². The number of amidine groups is 1. The van der Waals surface area contributed by atoms with Crippen LogP contribution in [-0.4, -0.2) is 18.2 Å². The van der Waals surface area contributed by atoms with Crippen LogP contribution in [-0.2, 0) is 4.79 Å². The largest absolute Gasteiger partial charge is 0.496 e. The molecule has 1 fully saturated rings. The highest BCUT2D eigenvalue weighted by atomic mass is 79.9. The lowest BCUT2D eigenvalue weighted by Gasteiger charge is -2.05. The zero-order chi connectivity index (χ0) is 16.2. The van der Waals surface area contributed by atoms with E-state index in [9.17, 15) is 4.79 Å². The highest BCUT2D eigenvalue weighted by Gasteiger charge is 2.24. The molecule has 0 atom stereocenters. The van der Waals surface area contributed by atoms with Crippen LogP contribution < -0.4 is 10.1 Å². The first-order valence-electron chi connectivity index (χ1n) is 6.84. The molecule has 0 saturated carbocycles. The summed E-state index contributed by atoms with van der Waals surface area (Å²) in [4.78, 5) is 17.1. The number of amides is 1. The zero-order valence-corrected chi connectivity index (χ0v) is 14.6. The molecular weight excluding hydrogens is 376 g/mol. The summed E-state index contributed by atoms with van der Waals surface area (Å²) in [5.41, 5.74) is 1.64. The molecule has 1 amide bonds. The SMILES string of the molecule is COc1ccc(Br)cc1/C=C1/SC(=Nc2ccccc2)NC1=O. The normalized spacial score (nSPS) is 17.6. The van der Waals surface area contributed by atoms with E-state index in [-0.39, 0.29) is 5.91 Å². The predicted molar refractivity (Wildman–Crippen MR) is 97.9 cm³/mol. The van der Waals surface area contributed by atoms with Crippen molar-refractivity contribution in [2.24, 2.45) is 4.99 Å². The molecule has 0 unspecified atom stereocenters. The second kappa shape index (κ2) is 7.02. The summed E-state index contributed by atoms with van der Waals surface area (Å²) in [6.45, 7) is 0. The molecule has 3 rings (SSSR count). The van der Waals surface area contributed by atoms with Gasteiger partial charge in [0, 0.05) is 10.0 Å². The molecule has 6 heteroatoms. The second-order valence-corrected chi connectivity index (χ2v) is 6.65.